The van der Waals surface area contributed by atoms with E-state index in [4.69, 9.17) is 0 Å². The van der Waals surface area contributed by atoms with Gasteiger partial charge in [0.2, 0.25) is 12.2 Å². The van der Waals surface area contributed by atoms with Crippen LogP contribution in [0.15, 0.2) is 16.1 Å². The highest BCUT2D eigenvalue weighted by Crippen LogP contribution is 2.38. The second-order valence-corrected chi connectivity index (χ2v) is 5.34. The van der Waals surface area contributed by atoms with Gasteiger partial charge >= 0.3 is 0 Å². The number of aliphatic imine (C=N–C) groups is 2. The van der Waals surface area contributed by atoms with Crippen molar-refractivity contribution in [3.8, 4) is 0 Å². The number of isocyanates is 2. The first-order valence-electron chi connectivity index (χ1n) is 8.06. The van der Waals surface area contributed by atoms with Crippen LogP contribution in [0.1, 0.15) is 63.1 Å². The molecule has 4 heteroatoms. The fourth-order valence-corrected chi connectivity index (χ4v) is 2.63. The number of hydrogen-bond acceptors (Lipinski definition) is 4. The summed E-state index contributed by atoms with van der Waals surface area (Å²) in [4.78, 5) is 29.5. The normalized spacial score (nSPS) is 9.95. The third kappa shape index (κ3) is 4.49. The van der Waals surface area contributed by atoms with Crippen molar-refractivity contribution in [3.05, 3.63) is 22.8 Å². The monoisotopic (exact) mass is 300 g/mol. The third-order valence-corrected chi connectivity index (χ3v) is 3.80. The molecule has 0 bridgehead atoms. The number of benzene rings is 1. The second-order valence-electron chi connectivity index (χ2n) is 5.34. The maximum Gasteiger partial charge on any atom is 0.240 e. The van der Waals surface area contributed by atoms with Crippen molar-refractivity contribution in [2.75, 3.05) is 0 Å². The van der Waals surface area contributed by atoms with Gasteiger partial charge < -0.3 is 0 Å². The third-order valence-electron chi connectivity index (χ3n) is 3.80. The molecule has 0 aliphatic carbocycles. The SMILES string of the molecule is CCCCc1cc(CC)c(N=C=O)c(CCCC)c1N=C=O. The zero-order chi connectivity index (χ0) is 16.4. The smallest absolute Gasteiger partial charge is 0.211 e. The van der Waals surface area contributed by atoms with Crippen molar-refractivity contribution in [2.45, 2.75) is 65.7 Å². The number of rotatable bonds is 9. The molecule has 0 aromatic heterocycles. The van der Waals surface area contributed by atoms with E-state index in [1.807, 2.05) is 13.0 Å². The number of aryl methyl sites for hydroxylation is 2. The fourth-order valence-electron chi connectivity index (χ4n) is 2.63. The van der Waals surface area contributed by atoms with Gasteiger partial charge in [-0.15, -0.1) is 0 Å². The first-order chi connectivity index (χ1) is 10.7. The predicted octanol–water partition coefficient (Wildman–Crippen LogP) is 4.87. The lowest BCUT2D eigenvalue weighted by molar-refractivity contribution is 0.564. The zero-order valence-electron chi connectivity index (χ0n) is 13.7. The minimum absolute atomic E-state index is 0.639. The van der Waals surface area contributed by atoms with Gasteiger partial charge in [-0.2, -0.15) is 9.98 Å². The van der Waals surface area contributed by atoms with Gasteiger partial charge in [0.1, 0.15) is 0 Å². The van der Waals surface area contributed by atoms with Crippen molar-refractivity contribution in [3.63, 3.8) is 0 Å². The summed E-state index contributed by atoms with van der Waals surface area (Å²) >= 11 is 0. The molecule has 0 atom stereocenters. The van der Waals surface area contributed by atoms with Gasteiger partial charge in [0, 0.05) is 5.56 Å². The molecule has 0 unspecified atom stereocenters. The van der Waals surface area contributed by atoms with Gasteiger partial charge in [-0.25, -0.2) is 9.59 Å². The van der Waals surface area contributed by atoms with Crippen LogP contribution in [0.25, 0.3) is 0 Å². The summed E-state index contributed by atoms with van der Waals surface area (Å²) in [6.07, 6.45) is 9.80. The predicted molar refractivity (Wildman–Crippen MR) is 88.6 cm³/mol. The molecule has 22 heavy (non-hydrogen) atoms. The Morgan fingerprint density at radius 3 is 1.91 bits per heavy atom. The summed E-state index contributed by atoms with van der Waals surface area (Å²) in [5, 5.41) is 0. The average Bonchev–Trinajstić information content (AvgIpc) is 2.53. The molecule has 1 aromatic carbocycles. The molecule has 0 amide bonds. The van der Waals surface area contributed by atoms with Crippen LogP contribution in [-0.2, 0) is 28.9 Å². The van der Waals surface area contributed by atoms with E-state index in [1.54, 1.807) is 12.2 Å². The second kappa shape index (κ2) is 9.83. The van der Waals surface area contributed by atoms with Crippen LogP contribution in [0.4, 0.5) is 11.4 Å². The molecule has 0 saturated carbocycles. The van der Waals surface area contributed by atoms with Crippen LogP contribution in [0.5, 0.6) is 0 Å². The van der Waals surface area contributed by atoms with Crippen LogP contribution < -0.4 is 0 Å². The largest absolute Gasteiger partial charge is 0.240 e. The Morgan fingerprint density at radius 1 is 0.864 bits per heavy atom. The number of nitrogens with zero attached hydrogens (tertiary/aromatic N) is 2. The highest BCUT2D eigenvalue weighted by atomic mass is 16.1. The topological polar surface area (TPSA) is 58.9 Å². The lowest BCUT2D eigenvalue weighted by Crippen LogP contribution is -1.98. The summed E-state index contributed by atoms with van der Waals surface area (Å²) in [7, 11) is 0. The highest BCUT2D eigenvalue weighted by molar-refractivity contribution is 5.72. The van der Waals surface area contributed by atoms with Gasteiger partial charge in [-0.3, -0.25) is 0 Å². The van der Waals surface area contributed by atoms with E-state index in [-0.39, 0.29) is 0 Å². The molecule has 0 N–H and O–H groups in total. The molecule has 0 saturated heterocycles. The molecule has 1 rings (SSSR count). The van der Waals surface area contributed by atoms with Crippen molar-refractivity contribution in [1.82, 2.24) is 0 Å². The molecule has 0 aliphatic rings. The summed E-state index contributed by atoms with van der Waals surface area (Å²) in [6, 6.07) is 2.03. The van der Waals surface area contributed by atoms with Crippen LogP contribution in [0.2, 0.25) is 0 Å². The Balaban J connectivity index is 3.58. The van der Waals surface area contributed by atoms with Gasteiger partial charge in [0.05, 0.1) is 11.4 Å². The maximum atomic E-state index is 10.9. The van der Waals surface area contributed by atoms with Gasteiger partial charge in [0.25, 0.3) is 0 Å². The van der Waals surface area contributed by atoms with Crippen LogP contribution in [0, 0.1) is 0 Å². The molecular weight excluding hydrogens is 276 g/mol. The quantitative estimate of drug-likeness (QED) is 0.482. The standard InChI is InChI=1S/C18H24N2O2/c1-4-7-9-15-11-14(6-3)17(19-12-21)16(10-8-5-2)18(15)20-13-22/h11H,4-10H2,1-3H3. The van der Waals surface area contributed by atoms with Gasteiger partial charge in [0.15, 0.2) is 0 Å². The van der Waals surface area contributed by atoms with Gasteiger partial charge in [-0.1, -0.05) is 39.7 Å². The first kappa shape index (κ1) is 18.0. The Morgan fingerprint density at radius 2 is 1.41 bits per heavy atom. The molecule has 0 fully saturated rings. The summed E-state index contributed by atoms with van der Waals surface area (Å²) in [5.74, 6) is 0. The summed E-state index contributed by atoms with van der Waals surface area (Å²) < 4.78 is 0. The van der Waals surface area contributed by atoms with Crippen molar-refractivity contribution >= 4 is 23.5 Å². The minimum Gasteiger partial charge on any atom is -0.211 e. The highest BCUT2D eigenvalue weighted by Gasteiger charge is 2.17. The molecule has 0 radical (unpaired) electrons. The lowest BCUT2D eigenvalue weighted by atomic mass is 9.93. The van der Waals surface area contributed by atoms with Crippen molar-refractivity contribution in [1.29, 1.82) is 0 Å². The Hall–Kier alpha value is -2.02. The molecule has 0 spiro atoms. The Bertz CT molecular complexity index is 596. The van der Waals surface area contributed by atoms with E-state index in [2.05, 4.69) is 23.8 Å². The Kier molecular flexibility index (Phi) is 8.06. The van der Waals surface area contributed by atoms with E-state index in [1.165, 1.54) is 0 Å². The van der Waals surface area contributed by atoms with Crippen LogP contribution in [-0.4, -0.2) is 12.2 Å². The first-order valence-corrected chi connectivity index (χ1v) is 8.06. The van der Waals surface area contributed by atoms with Crippen LogP contribution >= 0.6 is 0 Å². The van der Waals surface area contributed by atoms with Gasteiger partial charge in [-0.05, 0) is 43.2 Å². The molecule has 0 aliphatic heterocycles. The average molecular weight is 300 g/mol. The van der Waals surface area contributed by atoms with E-state index < -0.39 is 0 Å². The summed E-state index contributed by atoms with van der Waals surface area (Å²) in [6.45, 7) is 6.27. The molecule has 1 aromatic rings. The molecule has 118 valence electrons. The Labute approximate surface area is 132 Å². The van der Waals surface area contributed by atoms with E-state index in [0.717, 1.165) is 61.6 Å². The van der Waals surface area contributed by atoms with Crippen molar-refractivity contribution in [2.24, 2.45) is 9.98 Å². The maximum absolute atomic E-state index is 10.9. The van der Waals surface area contributed by atoms with E-state index in [9.17, 15) is 9.59 Å². The minimum atomic E-state index is 0.639. The molecular formula is C18H24N2O2. The van der Waals surface area contributed by atoms with Crippen LogP contribution in [0.3, 0.4) is 0 Å². The number of unbranched alkanes of at least 4 members (excludes halogenated alkanes) is 2. The fraction of sp³-hybridized carbons (Fsp3) is 0.556. The molecule has 4 nitrogen and oxygen atoms in total. The number of hydrogen-bond donors (Lipinski definition) is 0. The van der Waals surface area contributed by atoms with E-state index >= 15 is 0 Å². The lowest BCUT2D eigenvalue weighted by Gasteiger charge is -2.16. The summed E-state index contributed by atoms with van der Waals surface area (Å²) in [5.41, 5.74) is 4.26. The van der Waals surface area contributed by atoms with E-state index in [0.29, 0.717) is 11.4 Å². The van der Waals surface area contributed by atoms with Crippen molar-refractivity contribution < 1.29 is 9.59 Å². The number of carbonyl (C=O) groups excluding carboxylic acids is 2. The molecule has 0 heterocycles. The zero-order valence-corrected chi connectivity index (χ0v) is 13.7.